The van der Waals surface area contributed by atoms with Gasteiger partial charge >= 0.3 is 0 Å². The number of benzene rings is 2. The molecule has 1 atom stereocenters. The van der Waals surface area contributed by atoms with E-state index in [2.05, 4.69) is 25.3 Å². The number of aromatic nitrogens is 4. The topological polar surface area (TPSA) is 152 Å². The molecule has 2 aliphatic heterocycles. The van der Waals surface area contributed by atoms with Gasteiger partial charge in [-0.2, -0.15) is 0 Å². The van der Waals surface area contributed by atoms with Gasteiger partial charge < -0.3 is 24.5 Å². The fourth-order valence-electron chi connectivity index (χ4n) is 5.80. The van der Waals surface area contributed by atoms with E-state index in [1.165, 1.54) is 6.92 Å². The summed E-state index contributed by atoms with van der Waals surface area (Å²) in [4.78, 5) is 68.5. The monoisotopic (exact) mass is 609 g/mol. The Morgan fingerprint density at radius 2 is 1.98 bits per heavy atom. The Kier molecular flexibility index (Phi) is 8.29. The summed E-state index contributed by atoms with van der Waals surface area (Å²) < 4.78 is 7.57. The number of H-pyrrole nitrogens is 1. The molecule has 6 rings (SSSR count). The lowest BCUT2D eigenvalue weighted by atomic mass is 10.0. The second-order valence-electron chi connectivity index (χ2n) is 11.6. The summed E-state index contributed by atoms with van der Waals surface area (Å²) >= 11 is 0. The fraction of sp³-hybridized carbons (Fsp3) is 0.364. The number of ether oxygens (including phenoxy) is 1. The highest BCUT2D eigenvalue weighted by Gasteiger charge is 2.30. The summed E-state index contributed by atoms with van der Waals surface area (Å²) in [5, 5.41) is 2.76. The van der Waals surface area contributed by atoms with E-state index in [0.29, 0.717) is 46.9 Å². The fourth-order valence-corrected chi connectivity index (χ4v) is 5.80. The van der Waals surface area contributed by atoms with Crippen LogP contribution in [0, 0.1) is 6.92 Å². The molecule has 2 amide bonds. The zero-order chi connectivity index (χ0) is 31.7. The average Bonchev–Trinajstić information content (AvgIpc) is 3.58. The normalized spacial score (nSPS) is 15.8. The van der Waals surface area contributed by atoms with Gasteiger partial charge in [0.2, 0.25) is 11.7 Å². The van der Waals surface area contributed by atoms with E-state index in [4.69, 9.17) is 4.74 Å². The summed E-state index contributed by atoms with van der Waals surface area (Å²) in [7, 11) is 1.70. The van der Waals surface area contributed by atoms with Crippen LogP contribution < -0.4 is 10.1 Å². The third-order valence-electron chi connectivity index (χ3n) is 8.16. The number of piperidine rings is 1. The second kappa shape index (κ2) is 12.5. The van der Waals surface area contributed by atoms with Crippen LogP contribution in [0.2, 0.25) is 0 Å². The number of rotatable bonds is 10. The predicted molar refractivity (Wildman–Crippen MR) is 169 cm³/mol. The number of carbonyl (C=O) groups excluding carboxylic acids is 4. The molecule has 1 saturated heterocycles. The maximum absolute atomic E-state index is 13.1. The molecule has 1 fully saturated rings. The first-order chi connectivity index (χ1) is 21.7. The molecule has 2 N–H and O–H groups in total. The molecule has 0 unspecified atom stereocenters. The highest BCUT2D eigenvalue weighted by atomic mass is 16.5. The number of nitrogens with zero attached hydrogens (tertiary/aromatic N) is 5. The van der Waals surface area contributed by atoms with E-state index >= 15 is 0 Å². The summed E-state index contributed by atoms with van der Waals surface area (Å²) in [5.74, 6) is 0.818. The number of anilines is 1. The zero-order valence-corrected chi connectivity index (χ0v) is 25.6. The van der Waals surface area contributed by atoms with Gasteiger partial charge in [-0.15, -0.1) is 0 Å². The molecule has 45 heavy (non-hydrogen) atoms. The number of amides is 2. The van der Waals surface area contributed by atoms with Crippen LogP contribution in [0.5, 0.6) is 5.75 Å². The summed E-state index contributed by atoms with van der Waals surface area (Å²) in [6.45, 7) is 4.39. The number of hydrogen-bond acceptors (Lipinski definition) is 8. The van der Waals surface area contributed by atoms with Crippen molar-refractivity contribution in [1.29, 1.82) is 0 Å². The molecule has 0 bridgehead atoms. The van der Waals surface area contributed by atoms with Crippen LogP contribution in [-0.2, 0) is 18.3 Å². The molecule has 0 aliphatic carbocycles. The van der Waals surface area contributed by atoms with Crippen LogP contribution in [0.3, 0.4) is 0 Å². The average molecular weight is 610 g/mol. The Morgan fingerprint density at radius 3 is 2.80 bits per heavy atom. The lowest BCUT2D eigenvalue weighted by Gasteiger charge is -2.32. The van der Waals surface area contributed by atoms with Gasteiger partial charge in [-0.25, -0.2) is 9.97 Å². The minimum absolute atomic E-state index is 0.0118. The number of Topliss-reactive ketones (excluding diaryl/α,β-unsaturated/α-hetero) is 2. The number of aliphatic imine (C=N–C) groups is 1. The van der Waals surface area contributed by atoms with Crippen LogP contribution in [-0.4, -0.2) is 73.2 Å². The van der Waals surface area contributed by atoms with Crippen LogP contribution in [0.25, 0.3) is 11.0 Å². The Balaban J connectivity index is 1.01. The summed E-state index contributed by atoms with van der Waals surface area (Å²) in [6.07, 6.45) is 7.25. The molecule has 0 spiro atoms. The summed E-state index contributed by atoms with van der Waals surface area (Å²) in [6, 6.07) is 9.04. The van der Waals surface area contributed by atoms with Crippen LogP contribution in [0.4, 0.5) is 11.5 Å². The van der Waals surface area contributed by atoms with Gasteiger partial charge in [0.1, 0.15) is 5.75 Å². The Labute approximate surface area is 259 Å². The van der Waals surface area contributed by atoms with Crippen LogP contribution >= 0.6 is 0 Å². The largest absolute Gasteiger partial charge is 0.493 e. The lowest BCUT2D eigenvalue weighted by Crippen LogP contribution is -2.43. The molecular weight excluding hydrogens is 574 g/mol. The molecule has 12 heteroatoms. The van der Waals surface area contributed by atoms with E-state index in [1.54, 1.807) is 42.1 Å². The van der Waals surface area contributed by atoms with Crippen molar-refractivity contribution in [2.24, 2.45) is 12.0 Å². The number of aryl methyl sites for hydroxylation is 2. The molecule has 2 aromatic carbocycles. The predicted octanol–water partition coefficient (Wildman–Crippen LogP) is 4.74. The van der Waals surface area contributed by atoms with E-state index in [1.807, 2.05) is 24.1 Å². The summed E-state index contributed by atoms with van der Waals surface area (Å²) in [5.41, 5.74) is 4.12. The van der Waals surface area contributed by atoms with Gasteiger partial charge in [0.15, 0.2) is 23.2 Å². The number of imidazole rings is 2. The number of carbonyl (C=O) groups is 4. The van der Waals surface area contributed by atoms with E-state index in [0.717, 1.165) is 36.9 Å². The molecule has 2 aromatic heterocycles. The van der Waals surface area contributed by atoms with Gasteiger partial charge in [0, 0.05) is 51.8 Å². The Bertz CT molecular complexity index is 1850. The van der Waals surface area contributed by atoms with Gasteiger partial charge in [0.05, 0.1) is 34.9 Å². The third kappa shape index (κ3) is 6.40. The lowest BCUT2D eigenvalue weighted by molar-refractivity contribution is -0.116. The Hall–Kier alpha value is -5.13. The highest BCUT2D eigenvalue weighted by Crippen LogP contribution is 2.33. The highest BCUT2D eigenvalue weighted by molar-refractivity contribution is 6.03. The van der Waals surface area contributed by atoms with E-state index in [9.17, 15) is 19.2 Å². The van der Waals surface area contributed by atoms with E-state index in [-0.39, 0.29) is 53.9 Å². The number of hydrogen-bond donors (Lipinski definition) is 2. The van der Waals surface area contributed by atoms with Crippen molar-refractivity contribution in [2.45, 2.75) is 58.4 Å². The smallest absolute Gasteiger partial charge is 0.256 e. The van der Waals surface area contributed by atoms with Gasteiger partial charge in [0.25, 0.3) is 5.91 Å². The molecule has 0 saturated carbocycles. The number of fused-ring (bicyclic) bond motifs is 3. The van der Waals surface area contributed by atoms with Crippen LogP contribution in [0.15, 0.2) is 41.5 Å². The Morgan fingerprint density at radius 1 is 1.13 bits per heavy atom. The SMILES string of the molecule is CC(=O)c1nc2ccc(CC(=O)c3nc(NC(=O)CCCOc4cc5c(cc4C)C(=O)N4CCCC[C@H]4C=N5)cn3C)cc2[nH]1. The molecule has 232 valence electrons. The van der Waals surface area contributed by atoms with Crippen molar-refractivity contribution >= 4 is 52.1 Å². The number of ketones is 2. The van der Waals surface area contributed by atoms with Crippen molar-refractivity contribution < 1.29 is 23.9 Å². The first-order valence-electron chi connectivity index (χ1n) is 15.1. The molecule has 0 radical (unpaired) electrons. The minimum Gasteiger partial charge on any atom is -0.493 e. The molecule has 2 aliphatic rings. The molecular formula is C33H35N7O5. The second-order valence-corrected chi connectivity index (χ2v) is 11.6. The minimum atomic E-state index is -0.243. The first-order valence-corrected chi connectivity index (χ1v) is 15.1. The molecule has 4 aromatic rings. The van der Waals surface area contributed by atoms with Gasteiger partial charge in [-0.05, 0) is 61.9 Å². The van der Waals surface area contributed by atoms with E-state index < -0.39 is 0 Å². The number of nitrogens with one attached hydrogen (secondary N) is 2. The standard InChI is InChI=1S/C33H35N7O5/c1-19-13-23-25(34-17-22-7-4-5-11-40(22)33(23)44)16-28(19)45-12-6-8-30(43)37-29-18-39(3)32(38-29)27(42)15-21-9-10-24-26(14-21)36-31(35-24)20(2)41/h9-10,13-14,16-18,22H,4-8,11-12,15H2,1-3H3,(H,35,36)(H,37,43)/t22-/m0/s1. The maximum atomic E-state index is 13.1. The van der Waals surface area contributed by atoms with Crippen molar-refractivity contribution in [1.82, 2.24) is 24.4 Å². The molecule has 12 nitrogen and oxygen atoms in total. The third-order valence-corrected chi connectivity index (χ3v) is 8.16. The van der Waals surface area contributed by atoms with Crippen molar-refractivity contribution in [2.75, 3.05) is 18.5 Å². The van der Waals surface area contributed by atoms with Crippen LogP contribution in [0.1, 0.15) is 81.8 Å². The maximum Gasteiger partial charge on any atom is 0.256 e. The van der Waals surface area contributed by atoms with Crippen molar-refractivity contribution in [3.63, 3.8) is 0 Å². The molecule has 4 heterocycles. The zero-order valence-electron chi connectivity index (χ0n) is 25.6. The van der Waals surface area contributed by atoms with Crippen molar-refractivity contribution in [3.05, 3.63) is 64.9 Å². The number of aromatic amines is 1. The van der Waals surface area contributed by atoms with Gasteiger partial charge in [-0.3, -0.25) is 24.2 Å². The van der Waals surface area contributed by atoms with Gasteiger partial charge in [-0.1, -0.05) is 6.07 Å². The first kappa shape index (κ1) is 29.9. The van der Waals surface area contributed by atoms with Crippen molar-refractivity contribution in [3.8, 4) is 5.75 Å². The quantitative estimate of drug-likeness (QED) is 0.195.